The van der Waals surface area contributed by atoms with Crippen molar-refractivity contribution in [1.29, 1.82) is 0 Å². The molecule has 4 nitrogen and oxygen atoms in total. The van der Waals surface area contributed by atoms with Crippen molar-refractivity contribution in [3.63, 3.8) is 0 Å². The van der Waals surface area contributed by atoms with Crippen LogP contribution >= 0.6 is 0 Å². The summed E-state index contributed by atoms with van der Waals surface area (Å²) in [5.74, 6) is 5.68. The van der Waals surface area contributed by atoms with Gasteiger partial charge in [0.2, 0.25) is 10.0 Å². The summed E-state index contributed by atoms with van der Waals surface area (Å²) in [7, 11) is -3.41. The van der Waals surface area contributed by atoms with Crippen molar-refractivity contribution in [3.8, 4) is 11.8 Å². The van der Waals surface area contributed by atoms with Gasteiger partial charge in [-0.05, 0) is 30.0 Å². The molecule has 20 heavy (non-hydrogen) atoms. The third-order valence-electron chi connectivity index (χ3n) is 2.39. The number of hydrogen-bond donors (Lipinski definition) is 2. The smallest absolute Gasteiger partial charge is 0.233 e. The lowest BCUT2D eigenvalue weighted by Crippen LogP contribution is -2.26. The van der Waals surface area contributed by atoms with Crippen LogP contribution in [0.2, 0.25) is 0 Å². The van der Waals surface area contributed by atoms with Gasteiger partial charge in [-0.2, -0.15) is 0 Å². The quantitative estimate of drug-likeness (QED) is 0.839. The van der Waals surface area contributed by atoms with Crippen molar-refractivity contribution >= 4 is 15.7 Å². The van der Waals surface area contributed by atoms with Crippen LogP contribution in [0.15, 0.2) is 18.2 Å². The number of benzene rings is 1. The van der Waals surface area contributed by atoms with E-state index in [0.29, 0.717) is 11.3 Å². The maximum atomic E-state index is 12.2. The number of aryl methyl sites for hydroxylation is 1. The first-order valence-electron chi connectivity index (χ1n) is 6.43. The van der Waals surface area contributed by atoms with Crippen LogP contribution in [0.3, 0.4) is 0 Å². The average Bonchev–Trinajstić information content (AvgIpc) is 2.24. The first-order valence-corrected chi connectivity index (χ1v) is 8.08. The molecule has 1 aromatic carbocycles. The summed E-state index contributed by atoms with van der Waals surface area (Å²) >= 11 is 0. The predicted molar refractivity (Wildman–Crippen MR) is 84.0 cm³/mol. The zero-order chi connectivity index (χ0) is 15.4. The van der Waals surface area contributed by atoms with Gasteiger partial charge in [0.05, 0.1) is 18.0 Å². The Balaban J connectivity index is 3.11. The van der Waals surface area contributed by atoms with E-state index < -0.39 is 10.0 Å². The highest BCUT2D eigenvalue weighted by Gasteiger charge is 2.22. The Morgan fingerprint density at radius 3 is 2.50 bits per heavy atom. The molecule has 3 N–H and O–H groups in total. The van der Waals surface area contributed by atoms with Crippen molar-refractivity contribution in [2.75, 3.05) is 17.0 Å². The van der Waals surface area contributed by atoms with Gasteiger partial charge in [0.25, 0.3) is 0 Å². The second kappa shape index (κ2) is 6.29. The van der Waals surface area contributed by atoms with E-state index >= 15 is 0 Å². The fraction of sp³-hybridized carbons (Fsp3) is 0.467. The topological polar surface area (TPSA) is 72.2 Å². The lowest BCUT2D eigenvalue weighted by Gasteiger charge is -2.19. The van der Waals surface area contributed by atoms with Gasteiger partial charge in [0, 0.05) is 5.56 Å². The second-order valence-corrected chi connectivity index (χ2v) is 7.70. The first kappa shape index (κ1) is 16.5. The second-order valence-electron chi connectivity index (χ2n) is 5.98. The summed E-state index contributed by atoms with van der Waals surface area (Å²) in [6, 6.07) is 5.47. The first-order chi connectivity index (χ1) is 9.13. The molecule has 0 bridgehead atoms. The summed E-state index contributed by atoms with van der Waals surface area (Å²) in [5.41, 5.74) is 7.16. The zero-order valence-corrected chi connectivity index (χ0v) is 13.3. The predicted octanol–water partition coefficient (Wildman–Crippen LogP) is 2.09. The molecule has 0 aliphatic carbocycles. The summed E-state index contributed by atoms with van der Waals surface area (Å²) in [6.45, 7) is 7.80. The summed E-state index contributed by atoms with van der Waals surface area (Å²) < 4.78 is 27.0. The Morgan fingerprint density at radius 2 is 1.95 bits per heavy atom. The monoisotopic (exact) mass is 294 g/mol. The molecule has 0 aliphatic heterocycles. The lowest BCUT2D eigenvalue weighted by atomic mass is 10.0. The molecule has 0 amide bonds. The lowest BCUT2D eigenvalue weighted by molar-refractivity contribution is 0.463. The maximum absolute atomic E-state index is 12.2. The van der Waals surface area contributed by atoms with Crippen LogP contribution in [0.25, 0.3) is 0 Å². The number of nitrogens with two attached hydrogens (primary N) is 1. The highest BCUT2D eigenvalue weighted by Crippen LogP contribution is 2.22. The molecular formula is C15H22N2O2S. The molecule has 5 heteroatoms. The van der Waals surface area contributed by atoms with Crippen LogP contribution in [0.4, 0.5) is 5.69 Å². The van der Waals surface area contributed by atoms with Crippen LogP contribution < -0.4 is 10.5 Å². The molecule has 0 fully saturated rings. The average molecular weight is 294 g/mol. The van der Waals surface area contributed by atoms with Crippen LogP contribution in [0, 0.1) is 24.2 Å². The van der Waals surface area contributed by atoms with Gasteiger partial charge in [0.1, 0.15) is 0 Å². The number of nitrogens with one attached hydrogen (secondary N) is 1. The SMILES string of the molecule is Cc1ccc(C#CCN)c(NS(=O)(=O)CC(C)(C)C)c1. The number of anilines is 1. The van der Waals surface area contributed by atoms with Gasteiger partial charge in [-0.15, -0.1) is 0 Å². The molecule has 110 valence electrons. The molecule has 0 saturated carbocycles. The molecule has 0 spiro atoms. The molecule has 0 saturated heterocycles. The molecule has 0 heterocycles. The summed E-state index contributed by atoms with van der Waals surface area (Å²) in [6.07, 6.45) is 0. The molecular weight excluding hydrogens is 272 g/mol. The van der Waals surface area contributed by atoms with Crippen LogP contribution in [-0.4, -0.2) is 20.7 Å². The highest BCUT2D eigenvalue weighted by atomic mass is 32.2. The Hall–Kier alpha value is -1.51. The summed E-state index contributed by atoms with van der Waals surface area (Å²) in [4.78, 5) is 0. The standard InChI is InChI=1S/C15H22N2O2S/c1-12-7-8-13(6-5-9-16)14(10-12)17-20(18,19)11-15(2,3)4/h7-8,10,17H,9,11,16H2,1-4H3. The molecule has 0 aromatic heterocycles. The highest BCUT2D eigenvalue weighted by molar-refractivity contribution is 7.92. The minimum absolute atomic E-state index is 0.0533. The van der Waals surface area contributed by atoms with Gasteiger partial charge in [0.15, 0.2) is 0 Å². The van der Waals surface area contributed by atoms with E-state index in [4.69, 9.17) is 5.73 Å². The van der Waals surface area contributed by atoms with Crippen molar-refractivity contribution in [3.05, 3.63) is 29.3 Å². The van der Waals surface area contributed by atoms with Gasteiger partial charge in [-0.3, -0.25) is 4.72 Å². The van der Waals surface area contributed by atoms with E-state index in [2.05, 4.69) is 16.6 Å². The van der Waals surface area contributed by atoms with Gasteiger partial charge in [-0.1, -0.05) is 38.7 Å². The maximum Gasteiger partial charge on any atom is 0.233 e. The largest absolute Gasteiger partial charge is 0.320 e. The molecule has 0 aliphatic rings. The molecule has 0 atom stereocenters. The van der Waals surface area contributed by atoms with Crippen LogP contribution in [0.1, 0.15) is 31.9 Å². The molecule has 0 radical (unpaired) electrons. The van der Waals surface area contributed by atoms with Crippen LogP contribution in [0.5, 0.6) is 0 Å². The van der Waals surface area contributed by atoms with Gasteiger partial charge >= 0.3 is 0 Å². The minimum Gasteiger partial charge on any atom is -0.320 e. The van der Waals surface area contributed by atoms with E-state index in [1.54, 1.807) is 12.1 Å². The normalized spacial score (nSPS) is 11.7. The number of rotatable bonds is 3. The van der Waals surface area contributed by atoms with E-state index in [9.17, 15) is 8.42 Å². The van der Waals surface area contributed by atoms with Crippen molar-refractivity contribution in [2.24, 2.45) is 11.1 Å². The van der Waals surface area contributed by atoms with Crippen molar-refractivity contribution in [1.82, 2.24) is 0 Å². The Labute approximate surface area is 121 Å². The number of sulfonamides is 1. The minimum atomic E-state index is -3.41. The Bertz CT molecular complexity index is 632. The van der Waals surface area contributed by atoms with E-state index in [1.807, 2.05) is 33.8 Å². The Morgan fingerprint density at radius 1 is 1.30 bits per heavy atom. The Kier molecular flexibility index (Phi) is 5.21. The van der Waals surface area contributed by atoms with Crippen LogP contribution in [-0.2, 0) is 10.0 Å². The zero-order valence-electron chi connectivity index (χ0n) is 12.4. The fourth-order valence-corrected chi connectivity index (χ4v) is 3.49. The molecule has 0 unspecified atom stereocenters. The third kappa shape index (κ3) is 5.64. The van der Waals surface area contributed by atoms with E-state index in [-0.39, 0.29) is 17.7 Å². The number of hydrogen-bond acceptors (Lipinski definition) is 3. The third-order valence-corrected chi connectivity index (χ3v) is 4.17. The van der Waals surface area contributed by atoms with Crippen molar-refractivity contribution in [2.45, 2.75) is 27.7 Å². The summed E-state index contributed by atoms with van der Waals surface area (Å²) in [5, 5.41) is 0. The van der Waals surface area contributed by atoms with Gasteiger partial charge in [-0.25, -0.2) is 8.42 Å². The van der Waals surface area contributed by atoms with E-state index in [1.165, 1.54) is 0 Å². The fourth-order valence-electron chi connectivity index (χ4n) is 1.77. The molecule has 1 aromatic rings. The van der Waals surface area contributed by atoms with Crippen molar-refractivity contribution < 1.29 is 8.42 Å². The van der Waals surface area contributed by atoms with E-state index in [0.717, 1.165) is 5.56 Å². The molecule has 1 rings (SSSR count). The van der Waals surface area contributed by atoms with Gasteiger partial charge < -0.3 is 5.73 Å².